The average molecular weight is 644 g/mol. The molecule has 43 heavy (non-hydrogen) atoms. The van der Waals surface area contributed by atoms with Gasteiger partial charge in [0.2, 0.25) is 0 Å². The number of halogens is 1. The van der Waals surface area contributed by atoms with Gasteiger partial charge < -0.3 is 33.9 Å². The number of nitrogens with zero attached hydrogens (tertiary/aromatic N) is 5. The minimum absolute atomic E-state index is 0.0634. The Kier molecular flexibility index (Phi) is 7.11. The summed E-state index contributed by atoms with van der Waals surface area (Å²) in [6.45, 7) is -1.63. The van der Waals surface area contributed by atoms with Crippen molar-refractivity contribution in [2.45, 2.75) is 49.1 Å². The van der Waals surface area contributed by atoms with E-state index in [2.05, 4.69) is 19.9 Å². The molecule has 230 valence electrons. The van der Waals surface area contributed by atoms with E-state index in [0.717, 1.165) is 17.2 Å². The zero-order valence-corrected chi connectivity index (χ0v) is 23.4. The Morgan fingerprint density at radius 1 is 0.907 bits per heavy atom. The fraction of sp³-hybridized carbons (Fsp3) is 0.455. The summed E-state index contributed by atoms with van der Waals surface area (Å²) in [6.07, 6.45) is -9.58. The Morgan fingerprint density at radius 3 is 2.37 bits per heavy atom. The van der Waals surface area contributed by atoms with Crippen molar-refractivity contribution in [2.75, 3.05) is 13.2 Å². The van der Waals surface area contributed by atoms with E-state index in [4.69, 9.17) is 27.6 Å². The van der Waals surface area contributed by atoms with Crippen molar-refractivity contribution in [3.63, 3.8) is 0 Å². The topological polar surface area (TPSA) is 232 Å². The van der Waals surface area contributed by atoms with Crippen molar-refractivity contribution in [3.05, 3.63) is 53.6 Å². The third kappa shape index (κ3) is 5.15. The highest BCUT2D eigenvalue weighted by molar-refractivity contribution is 7.47. The number of benzene rings is 1. The van der Waals surface area contributed by atoms with Crippen LogP contribution in [0.1, 0.15) is 12.5 Å². The first-order valence-corrected chi connectivity index (χ1v) is 15.8. The van der Waals surface area contributed by atoms with Crippen LogP contribution >= 0.6 is 15.6 Å². The number of aromatic nitrogens is 6. The number of aliphatic hydroxyl groups is 1. The van der Waals surface area contributed by atoms with Gasteiger partial charge >= 0.3 is 15.6 Å². The molecule has 3 aromatic heterocycles. The SMILES string of the molecule is O=c1[nH]cnc2c1ncn2[C@@H]1O[C@@H]2COP(=O)(O)OC3C(O)[C@@H](COP(=O)(O)OC2C1F)O[C@H]3n1cnc2ccccc21. The number of para-hydroxylation sites is 2. The summed E-state index contributed by atoms with van der Waals surface area (Å²) in [6, 6.07) is 6.87. The number of aromatic amines is 1. The molecule has 0 spiro atoms. The molecule has 0 radical (unpaired) electrons. The molecule has 6 unspecified atom stereocenters. The molecule has 0 saturated carbocycles. The molecule has 18 nitrogen and oxygen atoms in total. The predicted octanol–water partition coefficient (Wildman–Crippen LogP) is 0.681. The van der Waals surface area contributed by atoms with Gasteiger partial charge in [-0.3, -0.25) is 27.5 Å². The summed E-state index contributed by atoms with van der Waals surface area (Å²) in [5.74, 6) is 0. The Balaban J connectivity index is 1.20. The van der Waals surface area contributed by atoms with E-state index >= 15 is 4.39 Å². The number of ether oxygens (including phenoxy) is 2. The van der Waals surface area contributed by atoms with Gasteiger partial charge in [0.25, 0.3) is 5.56 Å². The van der Waals surface area contributed by atoms with Gasteiger partial charge in [-0.2, -0.15) is 0 Å². The van der Waals surface area contributed by atoms with Gasteiger partial charge in [0.15, 0.2) is 29.8 Å². The van der Waals surface area contributed by atoms with Crippen LogP contribution in [0.5, 0.6) is 0 Å². The molecule has 0 amide bonds. The zero-order chi connectivity index (χ0) is 30.1. The molecule has 21 heteroatoms. The molecule has 7 rings (SSSR count). The molecule has 4 aromatic rings. The number of hydrogen-bond donors (Lipinski definition) is 4. The number of phosphoric ester groups is 2. The first kappa shape index (κ1) is 28.8. The van der Waals surface area contributed by atoms with Gasteiger partial charge in [0.05, 0.1) is 43.2 Å². The van der Waals surface area contributed by atoms with Crippen LogP contribution in [0.3, 0.4) is 0 Å². The van der Waals surface area contributed by atoms with Crippen LogP contribution < -0.4 is 5.56 Å². The molecule has 3 saturated heterocycles. The summed E-state index contributed by atoms with van der Waals surface area (Å²) in [7, 11) is -10.1. The second kappa shape index (κ2) is 10.6. The van der Waals surface area contributed by atoms with Gasteiger partial charge in [-0.05, 0) is 12.1 Å². The fourth-order valence-corrected chi connectivity index (χ4v) is 7.19. The summed E-state index contributed by atoms with van der Waals surface area (Å²) in [4.78, 5) is 47.7. The number of phosphoric acid groups is 2. The van der Waals surface area contributed by atoms with E-state index in [1.54, 1.807) is 24.3 Å². The molecular weight excluding hydrogens is 621 g/mol. The van der Waals surface area contributed by atoms with Crippen molar-refractivity contribution in [1.82, 2.24) is 29.1 Å². The van der Waals surface area contributed by atoms with Crippen molar-refractivity contribution in [3.8, 4) is 0 Å². The minimum atomic E-state index is -5.08. The highest BCUT2D eigenvalue weighted by Gasteiger charge is 2.54. The number of imidazole rings is 2. The summed E-state index contributed by atoms with van der Waals surface area (Å²) < 4.78 is 76.6. The van der Waals surface area contributed by atoms with Crippen LogP contribution in [0.15, 0.2) is 48.0 Å². The van der Waals surface area contributed by atoms with Crippen LogP contribution in [0.25, 0.3) is 22.2 Å². The fourth-order valence-electron chi connectivity index (χ4n) is 5.31. The number of rotatable bonds is 2. The van der Waals surface area contributed by atoms with Crippen LogP contribution in [0, 0.1) is 0 Å². The maximum atomic E-state index is 15.8. The lowest BCUT2D eigenvalue weighted by Gasteiger charge is -2.25. The van der Waals surface area contributed by atoms with Gasteiger partial charge in [-0.1, -0.05) is 12.1 Å². The Labute approximate surface area is 239 Å². The monoisotopic (exact) mass is 644 g/mol. The molecule has 2 bridgehead atoms. The van der Waals surface area contributed by atoms with Crippen LogP contribution in [-0.4, -0.2) is 93.9 Å². The van der Waals surface area contributed by atoms with E-state index in [-0.39, 0.29) is 11.2 Å². The van der Waals surface area contributed by atoms with E-state index in [9.17, 15) is 28.8 Å². The lowest BCUT2D eigenvalue weighted by atomic mass is 10.1. The summed E-state index contributed by atoms with van der Waals surface area (Å²) >= 11 is 0. The predicted molar refractivity (Wildman–Crippen MR) is 138 cm³/mol. The smallest absolute Gasteiger partial charge is 0.387 e. The van der Waals surface area contributed by atoms with Crippen LogP contribution in [0.4, 0.5) is 4.39 Å². The molecule has 0 aliphatic carbocycles. The number of fused-ring (bicyclic) bond motifs is 5. The maximum absolute atomic E-state index is 15.8. The molecule has 3 aliphatic heterocycles. The summed E-state index contributed by atoms with van der Waals surface area (Å²) in [5.41, 5.74) is 0.289. The van der Waals surface area contributed by atoms with E-state index in [1.807, 2.05) is 0 Å². The number of aliphatic hydroxyl groups excluding tert-OH is 1. The first-order valence-electron chi connectivity index (χ1n) is 12.8. The normalized spacial score (nSPS) is 38.9. The lowest BCUT2D eigenvalue weighted by molar-refractivity contribution is -0.0669. The van der Waals surface area contributed by atoms with Gasteiger partial charge in [0, 0.05) is 0 Å². The van der Waals surface area contributed by atoms with E-state index < -0.39 is 83.6 Å². The molecule has 3 aliphatic rings. The third-order valence-corrected chi connectivity index (χ3v) is 9.26. The van der Waals surface area contributed by atoms with E-state index in [0.29, 0.717) is 11.0 Å². The van der Waals surface area contributed by atoms with Crippen molar-refractivity contribution < 1.29 is 56.0 Å². The quantitative estimate of drug-likeness (QED) is 0.220. The third-order valence-electron chi connectivity index (χ3n) is 7.29. The van der Waals surface area contributed by atoms with Gasteiger partial charge in [0.1, 0.15) is 30.5 Å². The number of nitrogens with one attached hydrogen (secondary N) is 1. The molecule has 10 atom stereocenters. The van der Waals surface area contributed by atoms with Gasteiger partial charge in [-0.15, -0.1) is 0 Å². The highest BCUT2D eigenvalue weighted by atomic mass is 31.2. The van der Waals surface area contributed by atoms with Crippen molar-refractivity contribution >= 4 is 37.8 Å². The number of hydrogen-bond acceptors (Lipinski definition) is 13. The van der Waals surface area contributed by atoms with Crippen LogP contribution in [0.2, 0.25) is 0 Å². The van der Waals surface area contributed by atoms with Crippen molar-refractivity contribution in [2.24, 2.45) is 0 Å². The highest BCUT2D eigenvalue weighted by Crippen LogP contribution is 2.54. The maximum Gasteiger partial charge on any atom is 0.472 e. The zero-order valence-electron chi connectivity index (χ0n) is 21.6. The second-order valence-electron chi connectivity index (χ2n) is 9.93. The largest absolute Gasteiger partial charge is 0.472 e. The first-order chi connectivity index (χ1) is 20.5. The van der Waals surface area contributed by atoms with Crippen LogP contribution in [-0.2, 0) is 36.7 Å². The molecule has 6 heterocycles. The van der Waals surface area contributed by atoms with E-state index in [1.165, 1.54) is 10.9 Å². The number of H-pyrrole nitrogens is 1. The lowest BCUT2D eigenvalue weighted by Crippen LogP contribution is -2.35. The van der Waals surface area contributed by atoms with Gasteiger partial charge in [-0.25, -0.2) is 28.5 Å². The number of alkyl halides is 1. The molecule has 1 aromatic carbocycles. The minimum Gasteiger partial charge on any atom is -0.387 e. The van der Waals surface area contributed by atoms with Crippen molar-refractivity contribution in [1.29, 1.82) is 0 Å². The molecule has 3 fully saturated rings. The standard InChI is InChI=1S/C22H23FN6O12P2/c23-14-17-13(39-21(14)29-9-27-15-19(29)24-7-25-20(15)31)6-37-43(34,35)41-18-16(30)12(5-36-42(32,33)40-17)38-22(18)28-8-26-10-3-1-2-4-11(10)28/h1-4,7-9,12-14,16-18,21-22,30H,5-6H2,(H,32,33)(H,34,35)(H,24,25,31)/t12-,13-,14?,16?,17?,18?,21-,22-/m1/s1. The Bertz CT molecular complexity index is 1830. The average Bonchev–Trinajstić information content (AvgIpc) is 3.72. The Hall–Kier alpha value is -2.93. The summed E-state index contributed by atoms with van der Waals surface area (Å²) in [5, 5.41) is 11.0. The molecule has 4 N–H and O–H groups in total. The Morgan fingerprint density at radius 2 is 1.58 bits per heavy atom. The second-order valence-corrected chi connectivity index (χ2v) is 12.7. The molecular formula is C22H23FN6O12P2.